The van der Waals surface area contributed by atoms with Gasteiger partial charge in [0, 0.05) is 0 Å². The number of benzene rings is 1. The molecule has 1 aromatic rings. The molecule has 0 unspecified atom stereocenters. The molecular formula is C8H8ClN3O. The van der Waals surface area contributed by atoms with Gasteiger partial charge in [0.25, 0.3) is 5.24 Å². The van der Waals surface area contributed by atoms with Gasteiger partial charge in [0.05, 0.1) is 11.3 Å². The summed E-state index contributed by atoms with van der Waals surface area (Å²) < 4.78 is 0. The number of guanidine groups is 1. The van der Waals surface area contributed by atoms with Crippen LogP contribution in [-0.2, 0) is 0 Å². The molecule has 0 aromatic heterocycles. The highest BCUT2D eigenvalue weighted by Gasteiger charge is 2.06. The van der Waals surface area contributed by atoms with E-state index in [0.717, 1.165) is 0 Å². The highest BCUT2D eigenvalue weighted by molar-refractivity contribution is 6.68. The number of nitrogens with two attached hydrogens (primary N) is 2. The molecule has 4 nitrogen and oxygen atoms in total. The smallest absolute Gasteiger partial charge is 0.254 e. The second-order valence-electron chi connectivity index (χ2n) is 2.33. The number of aliphatic imine (C=N–C) groups is 1. The minimum atomic E-state index is -0.583. The molecule has 68 valence electrons. The van der Waals surface area contributed by atoms with Crippen molar-refractivity contribution in [2.24, 2.45) is 16.5 Å². The van der Waals surface area contributed by atoms with E-state index in [1.165, 1.54) is 0 Å². The van der Waals surface area contributed by atoms with Crippen LogP contribution in [0, 0.1) is 0 Å². The van der Waals surface area contributed by atoms with Crippen LogP contribution in [0.2, 0.25) is 0 Å². The Morgan fingerprint density at radius 2 is 1.92 bits per heavy atom. The Hall–Kier alpha value is -1.55. The average Bonchev–Trinajstić information content (AvgIpc) is 2.03. The van der Waals surface area contributed by atoms with Gasteiger partial charge >= 0.3 is 0 Å². The van der Waals surface area contributed by atoms with Crippen molar-refractivity contribution in [3.05, 3.63) is 29.8 Å². The first-order valence-corrected chi connectivity index (χ1v) is 3.87. The fraction of sp³-hybridized carbons (Fsp3) is 0. The van der Waals surface area contributed by atoms with E-state index in [1.54, 1.807) is 24.3 Å². The lowest BCUT2D eigenvalue weighted by Gasteiger charge is -1.99. The third-order valence-electron chi connectivity index (χ3n) is 1.37. The van der Waals surface area contributed by atoms with Gasteiger partial charge in [-0.1, -0.05) is 12.1 Å². The molecule has 0 saturated heterocycles. The summed E-state index contributed by atoms with van der Waals surface area (Å²) in [4.78, 5) is 14.6. The molecule has 0 fully saturated rings. The molecule has 4 N–H and O–H groups in total. The maximum absolute atomic E-state index is 10.9. The summed E-state index contributed by atoms with van der Waals surface area (Å²) in [5.41, 5.74) is 11.0. The van der Waals surface area contributed by atoms with Gasteiger partial charge in [-0.3, -0.25) is 4.79 Å². The molecule has 0 aliphatic heterocycles. The fourth-order valence-electron chi connectivity index (χ4n) is 0.876. The number of rotatable bonds is 2. The summed E-state index contributed by atoms with van der Waals surface area (Å²) in [5.74, 6) is -0.106. The molecule has 0 atom stereocenters. The van der Waals surface area contributed by atoms with Crippen molar-refractivity contribution < 1.29 is 4.79 Å². The first-order chi connectivity index (χ1) is 6.11. The SMILES string of the molecule is NC(N)=Nc1ccccc1C(=O)Cl. The monoisotopic (exact) mass is 197 g/mol. The number of halogens is 1. The highest BCUT2D eigenvalue weighted by atomic mass is 35.5. The van der Waals surface area contributed by atoms with Crippen LogP contribution in [0.1, 0.15) is 10.4 Å². The summed E-state index contributed by atoms with van der Waals surface area (Å²) in [7, 11) is 0. The van der Waals surface area contributed by atoms with Crippen LogP contribution in [0.15, 0.2) is 29.3 Å². The molecule has 0 spiro atoms. The van der Waals surface area contributed by atoms with Crippen LogP contribution < -0.4 is 11.5 Å². The number of nitrogens with zero attached hydrogens (tertiary/aromatic N) is 1. The Labute approximate surface area is 80.2 Å². The molecule has 0 saturated carbocycles. The predicted octanol–water partition coefficient (Wildman–Crippen LogP) is 0.970. The van der Waals surface area contributed by atoms with Crippen molar-refractivity contribution in [1.29, 1.82) is 0 Å². The van der Waals surface area contributed by atoms with Gasteiger partial charge < -0.3 is 11.5 Å². The van der Waals surface area contributed by atoms with Gasteiger partial charge in [0.1, 0.15) is 0 Å². The van der Waals surface area contributed by atoms with Gasteiger partial charge in [-0.2, -0.15) is 0 Å². The molecule has 0 bridgehead atoms. The van der Waals surface area contributed by atoms with Gasteiger partial charge in [-0.05, 0) is 23.7 Å². The number of hydrogen-bond donors (Lipinski definition) is 2. The van der Waals surface area contributed by atoms with E-state index in [0.29, 0.717) is 5.69 Å². The first kappa shape index (κ1) is 9.54. The van der Waals surface area contributed by atoms with Crippen molar-refractivity contribution in [2.45, 2.75) is 0 Å². The highest BCUT2D eigenvalue weighted by Crippen LogP contribution is 2.19. The van der Waals surface area contributed by atoms with E-state index < -0.39 is 5.24 Å². The molecule has 5 heteroatoms. The largest absolute Gasteiger partial charge is 0.370 e. The molecule has 0 heterocycles. The van der Waals surface area contributed by atoms with E-state index in [4.69, 9.17) is 23.1 Å². The van der Waals surface area contributed by atoms with Crippen LogP contribution in [0.3, 0.4) is 0 Å². The second-order valence-corrected chi connectivity index (χ2v) is 2.67. The molecule has 0 radical (unpaired) electrons. The normalized spacial score (nSPS) is 9.31. The van der Waals surface area contributed by atoms with Crippen LogP contribution in [0.5, 0.6) is 0 Å². The molecular weight excluding hydrogens is 190 g/mol. The van der Waals surface area contributed by atoms with E-state index in [1.807, 2.05) is 0 Å². The molecule has 0 aliphatic rings. The molecule has 0 amide bonds. The standard InChI is InChI=1S/C8H8ClN3O/c9-7(13)5-3-1-2-4-6(5)12-8(10)11/h1-4H,(H4,10,11,12). The quantitative estimate of drug-likeness (QED) is 0.421. The zero-order valence-electron chi connectivity index (χ0n) is 6.70. The van der Waals surface area contributed by atoms with Gasteiger partial charge in [0.15, 0.2) is 5.96 Å². The van der Waals surface area contributed by atoms with Crippen LogP contribution in [0.25, 0.3) is 0 Å². The maximum atomic E-state index is 10.9. The fourth-order valence-corrected chi connectivity index (χ4v) is 1.04. The Morgan fingerprint density at radius 3 is 2.46 bits per heavy atom. The van der Waals surface area contributed by atoms with Crippen LogP contribution in [0.4, 0.5) is 5.69 Å². The average molecular weight is 198 g/mol. The number of hydrogen-bond acceptors (Lipinski definition) is 2. The Balaban J connectivity index is 3.20. The van der Waals surface area contributed by atoms with Gasteiger partial charge in [-0.25, -0.2) is 4.99 Å². The van der Waals surface area contributed by atoms with Gasteiger partial charge in [0.2, 0.25) is 0 Å². The Morgan fingerprint density at radius 1 is 1.31 bits per heavy atom. The number of para-hydroxylation sites is 1. The lowest BCUT2D eigenvalue weighted by molar-refractivity contribution is 0.108. The second kappa shape index (κ2) is 3.91. The zero-order chi connectivity index (χ0) is 9.84. The van der Waals surface area contributed by atoms with E-state index in [2.05, 4.69) is 4.99 Å². The predicted molar refractivity (Wildman–Crippen MR) is 52.1 cm³/mol. The van der Waals surface area contributed by atoms with Crippen molar-refractivity contribution in [3.8, 4) is 0 Å². The van der Waals surface area contributed by atoms with E-state index in [-0.39, 0.29) is 11.5 Å². The lowest BCUT2D eigenvalue weighted by Crippen LogP contribution is -2.22. The zero-order valence-corrected chi connectivity index (χ0v) is 7.45. The minimum absolute atomic E-state index is 0.106. The van der Waals surface area contributed by atoms with Crippen molar-refractivity contribution in [1.82, 2.24) is 0 Å². The Kier molecular flexibility index (Phi) is 2.87. The number of carbonyl (C=O) groups excluding carboxylic acids is 1. The molecule has 1 rings (SSSR count). The van der Waals surface area contributed by atoms with Crippen LogP contribution in [-0.4, -0.2) is 11.2 Å². The lowest BCUT2D eigenvalue weighted by atomic mass is 10.2. The maximum Gasteiger partial charge on any atom is 0.254 e. The third-order valence-corrected chi connectivity index (χ3v) is 1.57. The number of carbonyl (C=O) groups is 1. The summed E-state index contributed by atoms with van der Waals surface area (Å²) in [6.45, 7) is 0. The minimum Gasteiger partial charge on any atom is -0.370 e. The third kappa shape index (κ3) is 2.45. The topological polar surface area (TPSA) is 81.5 Å². The van der Waals surface area contributed by atoms with Crippen molar-refractivity contribution in [2.75, 3.05) is 0 Å². The summed E-state index contributed by atoms with van der Waals surface area (Å²) in [5, 5.41) is -0.583. The summed E-state index contributed by atoms with van der Waals surface area (Å²) in [6.07, 6.45) is 0. The molecule has 13 heavy (non-hydrogen) atoms. The first-order valence-electron chi connectivity index (χ1n) is 3.50. The summed E-state index contributed by atoms with van der Waals surface area (Å²) in [6, 6.07) is 6.55. The molecule has 0 aliphatic carbocycles. The van der Waals surface area contributed by atoms with Gasteiger partial charge in [-0.15, -0.1) is 0 Å². The molecule has 1 aromatic carbocycles. The van der Waals surface area contributed by atoms with E-state index >= 15 is 0 Å². The summed E-state index contributed by atoms with van der Waals surface area (Å²) >= 11 is 5.30. The van der Waals surface area contributed by atoms with Crippen molar-refractivity contribution in [3.63, 3.8) is 0 Å². The van der Waals surface area contributed by atoms with Crippen LogP contribution >= 0.6 is 11.6 Å². The van der Waals surface area contributed by atoms with E-state index in [9.17, 15) is 4.79 Å². The van der Waals surface area contributed by atoms with Crippen molar-refractivity contribution >= 4 is 28.5 Å². The Bertz CT molecular complexity index is 358.